The number of Topliss-reactive ketones (excluding diaryl/α,β-unsaturated/α-hetero) is 1. The molecule has 0 heterocycles. The van der Waals surface area contributed by atoms with Crippen LogP contribution in [0.3, 0.4) is 0 Å². The molecular formula is C19H20FNO3. The molecule has 0 atom stereocenters. The molecule has 5 heteroatoms. The molecule has 1 amide bonds. The molecule has 0 bridgehead atoms. The Bertz CT molecular complexity index is 698. The number of hydrogen-bond acceptors (Lipinski definition) is 3. The summed E-state index contributed by atoms with van der Waals surface area (Å²) in [5.41, 5.74) is 1.48. The third kappa shape index (κ3) is 5.50. The quantitative estimate of drug-likeness (QED) is 0.757. The van der Waals surface area contributed by atoms with Crippen molar-refractivity contribution in [3.8, 4) is 5.75 Å². The van der Waals surface area contributed by atoms with Gasteiger partial charge in [0.1, 0.15) is 11.6 Å². The predicted octanol–water partition coefficient (Wildman–Crippen LogP) is 3.16. The summed E-state index contributed by atoms with van der Waals surface area (Å²) in [6.45, 7) is 0.497. The van der Waals surface area contributed by atoms with Crippen LogP contribution in [0.15, 0.2) is 48.5 Å². The Morgan fingerprint density at radius 3 is 2.54 bits per heavy atom. The summed E-state index contributed by atoms with van der Waals surface area (Å²) < 4.78 is 18.0. The van der Waals surface area contributed by atoms with Crippen LogP contribution in [0, 0.1) is 5.82 Å². The Morgan fingerprint density at radius 2 is 1.83 bits per heavy atom. The number of nitrogens with one attached hydrogen (secondary N) is 1. The summed E-state index contributed by atoms with van der Waals surface area (Å²) in [5.74, 6) is 0.0526. The number of carbonyl (C=O) groups is 2. The molecule has 0 fully saturated rings. The van der Waals surface area contributed by atoms with E-state index >= 15 is 0 Å². The largest absolute Gasteiger partial charge is 0.497 e. The molecule has 0 saturated carbocycles. The monoisotopic (exact) mass is 329 g/mol. The molecule has 0 unspecified atom stereocenters. The van der Waals surface area contributed by atoms with Gasteiger partial charge in [0.25, 0.3) is 0 Å². The number of methoxy groups -OCH3 is 1. The summed E-state index contributed by atoms with van der Waals surface area (Å²) in [6.07, 6.45) is 0.916. The molecule has 126 valence electrons. The number of amides is 1. The van der Waals surface area contributed by atoms with Crippen molar-refractivity contribution in [3.05, 3.63) is 65.5 Å². The molecule has 2 aromatic rings. The smallest absolute Gasteiger partial charge is 0.220 e. The van der Waals surface area contributed by atoms with Gasteiger partial charge in [0.05, 0.1) is 7.11 Å². The molecule has 1 N–H and O–H groups in total. The Hall–Kier alpha value is -2.69. The van der Waals surface area contributed by atoms with Crippen LogP contribution in [0.1, 0.15) is 28.8 Å². The van der Waals surface area contributed by atoms with E-state index in [1.54, 1.807) is 7.11 Å². The van der Waals surface area contributed by atoms with Crippen molar-refractivity contribution in [3.63, 3.8) is 0 Å². The van der Waals surface area contributed by atoms with Gasteiger partial charge in [-0.05, 0) is 48.4 Å². The number of hydrogen-bond donors (Lipinski definition) is 1. The summed E-state index contributed by atoms with van der Waals surface area (Å²) in [4.78, 5) is 23.7. The fraction of sp³-hybridized carbons (Fsp3) is 0.263. The van der Waals surface area contributed by atoms with E-state index in [0.29, 0.717) is 18.5 Å². The molecule has 0 aromatic heterocycles. The van der Waals surface area contributed by atoms with E-state index in [0.717, 1.165) is 11.3 Å². The third-order valence-corrected chi connectivity index (χ3v) is 3.62. The summed E-state index contributed by atoms with van der Waals surface area (Å²) in [6, 6.07) is 13.0. The zero-order chi connectivity index (χ0) is 17.4. The highest BCUT2D eigenvalue weighted by Crippen LogP contribution is 2.12. The highest BCUT2D eigenvalue weighted by atomic mass is 19.1. The molecule has 0 spiro atoms. The average Bonchev–Trinajstić information content (AvgIpc) is 2.60. The van der Waals surface area contributed by atoms with Gasteiger partial charge in [-0.2, -0.15) is 0 Å². The molecule has 0 radical (unpaired) electrons. The number of benzene rings is 2. The van der Waals surface area contributed by atoms with Gasteiger partial charge in [0.15, 0.2) is 5.78 Å². The minimum Gasteiger partial charge on any atom is -0.497 e. The van der Waals surface area contributed by atoms with Crippen molar-refractivity contribution in [1.82, 2.24) is 5.32 Å². The summed E-state index contributed by atoms with van der Waals surface area (Å²) in [5, 5.41) is 2.79. The third-order valence-electron chi connectivity index (χ3n) is 3.62. The zero-order valence-corrected chi connectivity index (χ0v) is 13.5. The lowest BCUT2D eigenvalue weighted by Crippen LogP contribution is -2.26. The van der Waals surface area contributed by atoms with E-state index in [-0.39, 0.29) is 30.3 Å². The van der Waals surface area contributed by atoms with Gasteiger partial charge in [0, 0.05) is 24.9 Å². The van der Waals surface area contributed by atoms with Crippen molar-refractivity contribution in [2.24, 2.45) is 0 Å². The van der Waals surface area contributed by atoms with E-state index < -0.39 is 0 Å². The van der Waals surface area contributed by atoms with E-state index in [1.165, 1.54) is 24.3 Å². The van der Waals surface area contributed by atoms with Gasteiger partial charge in [0.2, 0.25) is 5.91 Å². The van der Waals surface area contributed by atoms with Crippen LogP contribution >= 0.6 is 0 Å². The van der Waals surface area contributed by atoms with Gasteiger partial charge in [-0.15, -0.1) is 0 Å². The van der Waals surface area contributed by atoms with Gasteiger partial charge >= 0.3 is 0 Å². The second-order valence-electron chi connectivity index (χ2n) is 5.38. The van der Waals surface area contributed by atoms with Crippen LogP contribution in [0.5, 0.6) is 5.75 Å². The van der Waals surface area contributed by atoms with E-state index in [4.69, 9.17) is 4.74 Å². The van der Waals surface area contributed by atoms with Crippen molar-refractivity contribution in [2.75, 3.05) is 13.7 Å². The summed E-state index contributed by atoms with van der Waals surface area (Å²) in [7, 11) is 1.61. The predicted molar refractivity (Wildman–Crippen MR) is 89.7 cm³/mol. The second-order valence-corrected chi connectivity index (χ2v) is 5.38. The van der Waals surface area contributed by atoms with Crippen LogP contribution in [0.4, 0.5) is 4.39 Å². The highest BCUT2D eigenvalue weighted by molar-refractivity contribution is 5.97. The number of ether oxygens (including phenoxy) is 1. The lowest BCUT2D eigenvalue weighted by molar-refractivity contribution is -0.121. The normalized spacial score (nSPS) is 10.2. The van der Waals surface area contributed by atoms with E-state index in [1.807, 2.05) is 24.3 Å². The van der Waals surface area contributed by atoms with Crippen molar-refractivity contribution >= 4 is 11.7 Å². The molecule has 24 heavy (non-hydrogen) atoms. The SMILES string of the molecule is COc1cccc(CCNC(=O)CCC(=O)c2ccc(F)cc2)c1. The minimum absolute atomic E-state index is 0.108. The van der Waals surface area contributed by atoms with E-state index in [9.17, 15) is 14.0 Å². The Labute approximate surface area is 140 Å². The van der Waals surface area contributed by atoms with Crippen molar-refractivity contribution in [1.29, 1.82) is 0 Å². The van der Waals surface area contributed by atoms with Crippen molar-refractivity contribution < 1.29 is 18.7 Å². The lowest BCUT2D eigenvalue weighted by Gasteiger charge is -2.07. The van der Waals surface area contributed by atoms with Crippen LogP contribution in [-0.2, 0) is 11.2 Å². The van der Waals surface area contributed by atoms with Crippen LogP contribution < -0.4 is 10.1 Å². The molecule has 0 aliphatic heterocycles. The topological polar surface area (TPSA) is 55.4 Å². The Kier molecular flexibility index (Phi) is 6.49. The van der Waals surface area contributed by atoms with Gasteiger partial charge in [-0.25, -0.2) is 4.39 Å². The fourth-order valence-electron chi connectivity index (χ4n) is 2.27. The molecule has 0 saturated heterocycles. The maximum absolute atomic E-state index is 12.8. The number of rotatable bonds is 8. The zero-order valence-electron chi connectivity index (χ0n) is 13.5. The number of carbonyl (C=O) groups excluding carboxylic acids is 2. The average molecular weight is 329 g/mol. The first-order valence-corrected chi connectivity index (χ1v) is 7.77. The van der Waals surface area contributed by atoms with Crippen molar-refractivity contribution in [2.45, 2.75) is 19.3 Å². The Morgan fingerprint density at radius 1 is 1.08 bits per heavy atom. The maximum Gasteiger partial charge on any atom is 0.220 e. The first kappa shape index (κ1) is 17.7. The molecule has 2 rings (SSSR count). The first-order chi connectivity index (χ1) is 11.6. The Balaban J connectivity index is 1.71. The number of halogens is 1. The number of ketones is 1. The van der Waals surface area contributed by atoms with Crippen LogP contribution in [0.25, 0.3) is 0 Å². The first-order valence-electron chi connectivity index (χ1n) is 7.77. The molecule has 2 aromatic carbocycles. The highest BCUT2D eigenvalue weighted by Gasteiger charge is 2.09. The molecule has 0 aliphatic rings. The standard InChI is InChI=1S/C19H20FNO3/c1-24-17-4-2-3-14(13-17)11-12-21-19(23)10-9-18(22)15-5-7-16(20)8-6-15/h2-8,13H,9-12H2,1H3,(H,21,23). The van der Waals surface area contributed by atoms with Gasteiger partial charge in [-0.1, -0.05) is 12.1 Å². The van der Waals surface area contributed by atoms with Gasteiger partial charge in [-0.3, -0.25) is 9.59 Å². The molecule has 4 nitrogen and oxygen atoms in total. The fourth-order valence-corrected chi connectivity index (χ4v) is 2.27. The molecular weight excluding hydrogens is 309 g/mol. The summed E-state index contributed by atoms with van der Waals surface area (Å²) >= 11 is 0. The minimum atomic E-state index is -0.387. The molecule has 0 aliphatic carbocycles. The van der Waals surface area contributed by atoms with E-state index in [2.05, 4.69) is 5.32 Å². The van der Waals surface area contributed by atoms with Crippen LogP contribution in [-0.4, -0.2) is 25.3 Å². The maximum atomic E-state index is 12.8. The van der Waals surface area contributed by atoms with Crippen LogP contribution in [0.2, 0.25) is 0 Å². The second kappa shape index (κ2) is 8.82. The lowest BCUT2D eigenvalue weighted by atomic mass is 10.1. The van der Waals surface area contributed by atoms with Gasteiger partial charge < -0.3 is 10.1 Å².